The topological polar surface area (TPSA) is 37.0 Å². The second-order valence-corrected chi connectivity index (χ2v) is 5.40. The van der Waals surface area contributed by atoms with Crippen LogP contribution in [0.5, 0.6) is 0 Å². The molecular formula is C15H14F3N3S. The van der Waals surface area contributed by atoms with Crippen LogP contribution in [0, 0.1) is 0 Å². The number of rotatable bonds is 5. The van der Waals surface area contributed by atoms with Gasteiger partial charge < -0.3 is 5.32 Å². The Bertz CT molecular complexity index is 654. The Morgan fingerprint density at radius 3 is 2.45 bits per heavy atom. The maximum absolute atomic E-state index is 12.5. The van der Waals surface area contributed by atoms with E-state index in [4.69, 9.17) is 0 Å². The van der Waals surface area contributed by atoms with Gasteiger partial charge in [0.2, 0.25) is 0 Å². The molecule has 0 unspecified atom stereocenters. The van der Waals surface area contributed by atoms with Crippen molar-refractivity contribution in [3.8, 4) is 0 Å². The van der Waals surface area contributed by atoms with Gasteiger partial charge in [0.1, 0.15) is 5.82 Å². The monoisotopic (exact) mass is 325 g/mol. The highest BCUT2D eigenvalue weighted by molar-refractivity contribution is 7.97. The summed E-state index contributed by atoms with van der Waals surface area (Å²) in [6.45, 7) is 3.72. The van der Waals surface area contributed by atoms with Gasteiger partial charge in [0.15, 0.2) is 0 Å². The number of benzene rings is 1. The standard InChI is InChI=1S/C15H14F3N3S/c1-3-10-8-13(22-19-2)9-20-14(10)21-12-6-4-11(5-7-12)15(16,17)18/h3-9,19H,1H2,2H3,(H,20,21). The van der Waals surface area contributed by atoms with Gasteiger partial charge in [-0.3, -0.25) is 4.72 Å². The zero-order valence-corrected chi connectivity index (χ0v) is 12.6. The van der Waals surface area contributed by atoms with E-state index in [2.05, 4.69) is 21.6 Å². The molecule has 1 aromatic heterocycles. The lowest BCUT2D eigenvalue weighted by atomic mass is 10.2. The highest BCUT2D eigenvalue weighted by atomic mass is 32.2. The number of nitrogens with one attached hydrogen (secondary N) is 2. The van der Waals surface area contributed by atoms with Crippen LogP contribution < -0.4 is 10.0 Å². The molecule has 0 amide bonds. The summed E-state index contributed by atoms with van der Waals surface area (Å²) in [7, 11) is 1.80. The van der Waals surface area contributed by atoms with Crippen LogP contribution in [0.1, 0.15) is 11.1 Å². The summed E-state index contributed by atoms with van der Waals surface area (Å²) in [5.74, 6) is 0.537. The minimum atomic E-state index is -4.34. The van der Waals surface area contributed by atoms with E-state index in [1.165, 1.54) is 24.1 Å². The number of anilines is 2. The molecule has 1 heterocycles. The van der Waals surface area contributed by atoms with Crippen molar-refractivity contribution >= 4 is 29.5 Å². The van der Waals surface area contributed by atoms with E-state index in [9.17, 15) is 13.2 Å². The SMILES string of the molecule is C=Cc1cc(SNC)cnc1Nc1ccc(C(F)(F)F)cc1. The first-order chi connectivity index (χ1) is 10.4. The van der Waals surface area contributed by atoms with E-state index in [1.807, 2.05) is 6.07 Å². The van der Waals surface area contributed by atoms with Crippen molar-refractivity contribution < 1.29 is 13.2 Å². The van der Waals surface area contributed by atoms with Crippen molar-refractivity contribution in [2.24, 2.45) is 0 Å². The van der Waals surface area contributed by atoms with Gasteiger partial charge >= 0.3 is 6.18 Å². The van der Waals surface area contributed by atoms with Gasteiger partial charge in [-0.05, 0) is 49.3 Å². The zero-order valence-electron chi connectivity index (χ0n) is 11.7. The number of hydrogen-bond donors (Lipinski definition) is 2. The van der Waals surface area contributed by atoms with Gasteiger partial charge in [-0.2, -0.15) is 13.2 Å². The predicted octanol–water partition coefficient (Wildman–Crippen LogP) is 4.71. The molecule has 3 nitrogen and oxygen atoms in total. The molecular weight excluding hydrogens is 311 g/mol. The molecule has 0 saturated heterocycles. The molecule has 7 heteroatoms. The third-order valence-corrected chi connectivity index (χ3v) is 3.47. The Morgan fingerprint density at radius 1 is 1.23 bits per heavy atom. The summed E-state index contributed by atoms with van der Waals surface area (Å²) in [5.41, 5.74) is 0.605. The second kappa shape index (κ2) is 6.85. The van der Waals surface area contributed by atoms with Crippen molar-refractivity contribution in [2.75, 3.05) is 12.4 Å². The van der Waals surface area contributed by atoms with Gasteiger partial charge in [0.05, 0.1) is 5.56 Å². The molecule has 0 spiro atoms. The zero-order chi connectivity index (χ0) is 16.2. The molecule has 0 saturated carbocycles. The molecule has 1 aromatic carbocycles. The van der Waals surface area contributed by atoms with Crippen LogP contribution in [0.15, 0.2) is 48.0 Å². The first-order valence-electron chi connectivity index (χ1n) is 6.34. The van der Waals surface area contributed by atoms with Crippen LogP contribution in [-0.4, -0.2) is 12.0 Å². The summed E-state index contributed by atoms with van der Waals surface area (Å²) in [4.78, 5) is 5.18. The first kappa shape index (κ1) is 16.4. The average Bonchev–Trinajstić information content (AvgIpc) is 2.48. The minimum absolute atomic E-state index is 0.526. The van der Waals surface area contributed by atoms with E-state index < -0.39 is 11.7 Å². The van der Waals surface area contributed by atoms with Crippen molar-refractivity contribution in [1.29, 1.82) is 0 Å². The summed E-state index contributed by atoms with van der Waals surface area (Å²) >= 11 is 1.41. The molecule has 0 radical (unpaired) electrons. The third kappa shape index (κ3) is 4.02. The second-order valence-electron chi connectivity index (χ2n) is 4.32. The smallest absolute Gasteiger partial charge is 0.340 e. The van der Waals surface area contributed by atoms with E-state index in [0.29, 0.717) is 11.5 Å². The maximum Gasteiger partial charge on any atom is 0.416 e. The summed E-state index contributed by atoms with van der Waals surface area (Å²) in [6.07, 6.45) is -1.03. The van der Waals surface area contributed by atoms with Crippen LogP contribution >= 0.6 is 11.9 Å². The molecule has 22 heavy (non-hydrogen) atoms. The first-order valence-corrected chi connectivity index (χ1v) is 7.16. The molecule has 0 aliphatic rings. The fourth-order valence-electron chi connectivity index (χ4n) is 1.77. The number of hydrogen-bond acceptors (Lipinski definition) is 4. The molecule has 0 atom stereocenters. The van der Waals surface area contributed by atoms with Crippen molar-refractivity contribution in [3.05, 3.63) is 54.2 Å². The molecule has 0 aliphatic carbocycles. The normalized spacial score (nSPS) is 11.3. The van der Waals surface area contributed by atoms with Gasteiger partial charge in [-0.1, -0.05) is 12.7 Å². The van der Waals surface area contributed by atoms with Crippen LogP contribution in [-0.2, 0) is 6.18 Å². The number of aromatic nitrogens is 1. The lowest BCUT2D eigenvalue weighted by Gasteiger charge is -2.11. The quantitative estimate of drug-likeness (QED) is 0.781. The van der Waals surface area contributed by atoms with E-state index in [1.54, 1.807) is 19.3 Å². The largest absolute Gasteiger partial charge is 0.416 e. The summed E-state index contributed by atoms with van der Waals surface area (Å²) in [6, 6.07) is 6.68. The Kier molecular flexibility index (Phi) is 5.10. The lowest BCUT2D eigenvalue weighted by molar-refractivity contribution is -0.137. The van der Waals surface area contributed by atoms with Crippen LogP contribution in [0.2, 0.25) is 0 Å². The Morgan fingerprint density at radius 2 is 1.91 bits per heavy atom. The van der Waals surface area contributed by atoms with Crippen molar-refractivity contribution in [3.63, 3.8) is 0 Å². The highest BCUT2D eigenvalue weighted by Gasteiger charge is 2.29. The molecule has 0 aliphatic heterocycles. The highest BCUT2D eigenvalue weighted by Crippen LogP contribution is 2.31. The number of pyridine rings is 1. The van der Waals surface area contributed by atoms with Gasteiger partial charge in [-0.15, -0.1) is 0 Å². The molecule has 2 N–H and O–H groups in total. The minimum Gasteiger partial charge on any atom is -0.340 e. The van der Waals surface area contributed by atoms with Crippen molar-refractivity contribution in [2.45, 2.75) is 11.1 Å². The molecule has 2 aromatic rings. The van der Waals surface area contributed by atoms with Crippen LogP contribution in [0.25, 0.3) is 6.08 Å². The molecule has 0 fully saturated rings. The number of nitrogens with zero attached hydrogens (tertiary/aromatic N) is 1. The summed E-state index contributed by atoms with van der Waals surface area (Å²) < 4.78 is 40.5. The molecule has 116 valence electrons. The van der Waals surface area contributed by atoms with E-state index >= 15 is 0 Å². The fourth-order valence-corrected chi connectivity index (χ4v) is 2.30. The predicted molar refractivity (Wildman–Crippen MR) is 84.0 cm³/mol. The third-order valence-electron chi connectivity index (χ3n) is 2.81. The molecule has 0 bridgehead atoms. The Hall–Kier alpha value is -1.99. The molecule has 2 rings (SSSR count). The maximum atomic E-state index is 12.5. The Balaban J connectivity index is 2.21. The van der Waals surface area contributed by atoms with Gasteiger partial charge in [-0.25, -0.2) is 4.98 Å². The number of alkyl halides is 3. The average molecular weight is 325 g/mol. The lowest BCUT2D eigenvalue weighted by Crippen LogP contribution is -2.04. The fraction of sp³-hybridized carbons (Fsp3) is 0.133. The van der Waals surface area contributed by atoms with Crippen LogP contribution in [0.3, 0.4) is 0 Å². The van der Waals surface area contributed by atoms with E-state index in [-0.39, 0.29) is 0 Å². The van der Waals surface area contributed by atoms with Gasteiger partial charge in [0.25, 0.3) is 0 Å². The Labute approximate surface area is 130 Å². The van der Waals surface area contributed by atoms with Crippen LogP contribution in [0.4, 0.5) is 24.7 Å². The van der Waals surface area contributed by atoms with Crippen molar-refractivity contribution in [1.82, 2.24) is 9.71 Å². The van der Waals surface area contributed by atoms with E-state index in [0.717, 1.165) is 22.6 Å². The van der Waals surface area contributed by atoms with Gasteiger partial charge in [0, 0.05) is 22.3 Å². The summed E-state index contributed by atoms with van der Waals surface area (Å²) in [5, 5.41) is 2.99. The number of halogens is 3.